The van der Waals surface area contributed by atoms with Crippen molar-refractivity contribution in [3.05, 3.63) is 22.3 Å². The summed E-state index contributed by atoms with van der Waals surface area (Å²) in [5.74, 6) is -0.111. The number of nitrogens with zero attached hydrogens (tertiary/aromatic N) is 1. The molecule has 0 saturated heterocycles. The minimum Gasteiger partial charge on any atom is -0.481 e. The molecule has 13 heavy (non-hydrogen) atoms. The zero-order valence-corrected chi connectivity index (χ0v) is 7.90. The van der Waals surface area contributed by atoms with Crippen LogP contribution >= 0.6 is 11.6 Å². The lowest BCUT2D eigenvalue weighted by Gasteiger charge is -2.09. The second-order valence-corrected chi connectivity index (χ2v) is 2.87. The van der Waals surface area contributed by atoms with Gasteiger partial charge in [-0.3, -0.25) is 0 Å². The Morgan fingerprint density at radius 1 is 1.54 bits per heavy atom. The van der Waals surface area contributed by atoms with E-state index in [1.54, 1.807) is 0 Å². The zero-order chi connectivity index (χ0) is 10.0. The summed E-state index contributed by atoms with van der Waals surface area (Å²) in [5.41, 5.74) is 0.179. The summed E-state index contributed by atoms with van der Waals surface area (Å²) in [6.45, 7) is 1.54. The molecule has 0 aliphatic heterocycles. The van der Waals surface area contributed by atoms with Gasteiger partial charge < -0.3 is 4.74 Å². The van der Waals surface area contributed by atoms with E-state index in [1.807, 2.05) is 0 Å². The van der Waals surface area contributed by atoms with Gasteiger partial charge in [-0.2, -0.15) is 0 Å². The topological polar surface area (TPSA) is 22.1 Å². The molecule has 0 unspecified atom stereocenters. The molecule has 0 radical (unpaired) electrons. The van der Waals surface area contributed by atoms with Gasteiger partial charge in [0.1, 0.15) is 5.15 Å². The van der Waals surface area contributed by atoms with E-state index in [0.29, 0.717) is 5.56 Å². The van der Waals surface area contributed by atoms with Crippen LogP contribution in [0.4, 0.5) is 8.78 Å². The summed E-state index contributed by atoms with van der Waals surface area (Å²) in [4.78, 5) is 3.64. The van der Waals surface area contributed by atoms with Gasteiger partial charge in [0.2, 0.25) is 5.88 Å². The van der Waals surface area contributed by atoms with Gasteiger partial charge in [0.05, 0.1) is 12.7 Å². The second-order valence-electron chi connectivity index (χ2n) is 2.49. The van der Waals surface area contributed by atoms with Gasteiger partial charge in [-0.15, -0.1) is 0 Å². The molecule has 2 nitrogen and oxygen atoms in total. The van der Waals surface area contributed by atoms with Crippen LogP contribution in [0, 0.1) is 6.92 Å². The monoisotopic (exact) mass is 207 g/mol. The number of alkyl halides is 2. The molecule has 0 spiro atoms. The average molecular weight is 208 g/mol. The maximum Gasteiger partial charge on any atom is 0.269 e. The van der Waals surface area contributed by atoms with Crippen molar-refractivity contribution in [3.8, 4) is 5.88 Å². The molecular formula is C8H8ClF2NO. The summed E-state index contributed by atoms with van der Waals surface area (Å²) >= 11 is 5.57. The van der Waals surface area contributed by atoms with Gasteiger partial charge in [0.15, 0.2) is 0 Å². The molecule has 0 aliphatic carbocycles. The summed E-state index contributed by atoms with van der Waals surface area (Å²) in [5, 5.41) is 0.152. The lowest BCUT2D eigenvalue weighted by atomic mass is 10.1. The largest absolute Gasteiger partial charge is 0.481 e. The molecule has 0 atom stereocenters. The fourth-order valence-corrected chi connectivity index (χ4v) is 1.28. The third kappa shape index (κ3) is 2.06. The Hall–Kier alpha value is -0.900. The van der Waals surface area contributed by atoms with Crippen molar-refractivity contribution in [1.82, 2.24) is 4.98 Å². The fraction of sp³-hybridized carbons (Fsp3) is 0.375. The molecule has 0 N–H and O–H groups in total. The fourth-order valence-electron chi connectivity index (χ4n) is 1.04. The highest BCUT2D eigenvalue weighted by atomic mass is 35.5. The van der Waals surface area contributed by atoms with E-state index in [9.17, 15) is 8.78 Å². The average Bonchev–Trinajstić information content (AvgIpc) is 2.01. The second kappa shape index (κ2) is 3.87. The Kier molecular flexibility index (Phi) is 3.03. The molecule has 0 aromatic carbocycles. The Balaban J connectivity index is 3.30. The van der Waals surface area contributed by atoms with Crippen molar-refractivity contribution in [2.24, 2.45) is 0 Å². The van der Waals surface area contributed by atoms with Crippen LogP contribution < -0.4 is 4.74 Å². The van der Waals surface area contributed by atoms with Crippen LogP contribution in [-0.2, 0) is 0 Å². The Labute approximate surface area is 79.5 Å². The molecule has 1 heterocycles. The van der Waals surface area contributed by atoms with Gasteiger partial charge in [-0.05, 0) is 18.6 Å². The minimum atomic E-state index is -2.60. The van der Waals surface area contributed by atoms with Gasteiger partial charge in [0.25, 0.3) is 6.43 Å². The minimum absolute atomic E-state index is 0.111. The van der Waals surface area contributed by atoms with E-state index >= 15 is 0 Å². The highest BCUT2D eigenvalue weighted by Gasteiger charge is 2.18. The Bertz CT molecular complexity index is 317. The van der Waals surface area contributed by atoms with Crippen molar-refractivity contribution in [2.45, 2.75) is 13.3 Å². The lowest BCUT2D eigenvalue weighted by molar-refractivity contribution is 0.145. The Morgan fingerprint density at radius 2 is 2.15 bits per heavy atom. The summed E-state index contributed by atoms with van der Waals surface area (Å²) in [6, 6.07) is 1.38. The molecule has 1 aromatic rings. The molecule has 0 fully saturated rings. The third-order valence-electron chi connectivity index (χ3n) is 1.61. The van der Waals surface area contributed by atoms with Crippen LogP contribution in [0.3, 0.4) is 0 Å². The normalized spacial score (nSPS) is 10.6. The van der Waals surface area contributed by atoms with E-state index in [4.69, 9.17) is 16.3 Å². The molecule has 1 rings (SSSR count). The van der Waals surface area contributed by atoms with Crippen LogP contribution in [0.1, 0.15) is 17.6 Å². The molecule has 0 bridgehead atoms. The number of pyridine rings is 1. The van der Waals surface area contributed by atoms with Crippen molar-refractivity contribution >= 4 is 11.6 Å². The Morgan fingerprint density at radius 3 is 2.62 bits per heavy atom. The van der Waals surface area contributed by atoms with Crippen LogP contribution in [0.5, 0.6) is 5.88 Å². The summed E-state index contributed by atoms with van der Waals surface area (Å²) < 4.78 is 29.6. The van der Waals surface area contributed by atoms with E-state index in [-0.39, 0.29) is 16.6 Å². The molecular weight excluding hydrogens is 200 g/mol. The maximum absolute atomic E-state index is 12.4. The van der Waals surface area contributed by atoms with Crippen molar-refractivity contribution in [3.63, 3.8) is 0 Å². The number of rotatable bonds is 2. The first-order valence-corrected chi connectivity index (χ1v) is 3.93. The zero-order valence-electron chi connectivity index (χ0n) is 7.14. The lowest BCUT2D eigenvalue weighted by Crippen LogP contribution is -1.98. The molecule has 0 saturated carbocycles. The van der Waals surface area contributed by atoms with E-state index < -0.39 is 6.43 Å². The summed E-state index contributed by atoms with van der Waals surface area (Å²) in [7, 11) is 1.28. The SMILES string of the molecule is COc1nc(Cl)cc(C)c1C(F)F. The molecule has 0 aliphatic rings. The highest BCUT2D eigenvalue weighted by molar-refractivity contribution is 6.29. The first kappa shape index (κ1) is 10.2. The molecule has 0 amide bonds. The van der Waals surface area contributed by atoms with E-state index in [0.717, 1.165) is 0 Å². The standard InChI is InChI=1S/C8H8ClF2NO/c1-4-3-5(9)12-8(13-2)6(4)7(10)11/h3,7H,1-2H3. The van der Waals surface area contributed by atoms with Crippen molar-refractivity contribution in [1.29, 1.82) is 0 Å². The predicted octanol–water partition coefficient (Wildman–Crippen LogP) is 2.99. The van der Waals surface area contributed by atoms with E-state index in [1.165, 1.54) is 20.1 Å². The molecule has 1 aromatic heterocycles. The first-order chi connectivity index (χ1) is 6.06. The van der Waals surface area contributed by atoms with Crippen LogP contribution in [0.2, 0.25) is 5.15 Å². The van der Waals surface area contributed by atoms with Crippen molar-refractivity contribution in [2.75, 3.05) is 7.11 Å². The van der Waals surface area contributed by atoms with Crippen molar-refractivity contribution < 1.29 is 13.5 Å². The summed E-state index contributed by atoms with van der Waals surface area (Å²) in [6.07, 6.45) is -2.60. The third-order valence-corrected chi connectivity index (χ3v) is 1.80. The molecule has 72 valence electrons. The van der Waals surface area contributed by atoms with Crippen LogP contribution in [-0.4, -0.2) is 12.1 Å². The quantitative estimate of drug-likeness (QED) is 0.696. The molecule has 5 heteroatoms. The number of aryl methyl sites for hydroxylation is 1. The maximum atomic E-state index is 12.4. The van der Waals surface area contributed by atoms with Gasteiger partial charge >= 0.3 is 0 Å². The highest BCUT2D eigenvalue weighted by Crippen LogP contribution is 2.31. The number of aromatic nitrogens is 1. The van der Waals surface area contributed by atoms with E-state index in [2.05, 4.69) is 4.98 Å². The number of hydrogen-bond donors (Lipinski definition) is 0. The number of halogens is 3. The number of ether oxygens (including phenoxy) is 1. The number of methoxy groups -OCH3 is 1. The first-order valence-electron chi connectivity index (χ1n) is 3.55. The smallest absolute Gasteiger partial charge is 0.269 e. The van der Waals surface area contributed by atoms with Crippen LogP contribution in [0.25, 0.3) is 0 Å². The predicted molar refractivity (Wildman–Crippen MR) is 45.5 cm³/mol. The van der Waals surface area contributed by atoms with Crippen LogP contribution in [0.15, 0.2) is 6.07 Å². The van der Waals surface area contributed by atoms with Gasteiger partial charge in [-0.1, -0.05) is 11.6 Å². The number of hydrogen-bond acceptors (Lipinski definition) is 2. The van der Waals surface area contributed by atoms with Gasteiger partial charge in [-0.25, -0.2) is 13.8 Å². The van der Waals surface area contributed by atoms with Gasteiger partial charge in [0, 0.05) is 0 Å².